The van der Waals surface area contributed by atoms with Crippen LogP contribution in [0.25, 0.3) is 0 Å². The second kappa shape index (κ2) is 5.00. The SMILES string of the molecule is Nc1ccn(C2CCN(C(=O)c3cncs3)CC2)n1. The molecule has 3 rings (SSSR count). The lowest BCUT2D eigenvalue weighted by Crippen LogP contribution is -2.38. The fourth-order valence-corrected chi connectivity index (χ4v) is 2.95. The maximum atomic E-state index is 12.2. The number of piperidine rings is 1. The van der Waals surface area contributed by atoms with Crippen LogP contribution in [0.5, 0.6) is 0 Å². The molecule has 1 amide bonds. The first-order valence-corrected chi connectivity index (χ1v) is 7.10. The van der Waals surface area contributed by atoms with Crippen molar-refractivity contribution in [1.82, 2.24) is 19.7 Å². The van der Waals surface area contributed by atoms with Crippen LogP contribution < -0.4 is 5.73 Å². The van der Waals surface area contributed by atoms with Crippen molar-refractivity contribution in [3.8, 4) is 0 Å². The fourth-order valence-electron chi connectivity index (χ4n) is 2.37. The maximum absolute atomic E-state index is 12.2. The van der Waals surface area contributed by atoms with Gasteiger partial charge < -0.3 is 10.6 Å². The molecule has 0 unspecified atom stereocenters. The fraction of sp³-hybridized carbons (Fsp3) is 0.417. The molecular formula is C12H15N5OS. The molecule has 3 heterocycles. The Morgan fingerprint density at radius 2 is 2.21 bits per heavy atom. The Morgan fingerprint density at radius 3 is 2.79 bits per heavy atom. The number of likely N-dealkylation sites (tertiary alicyclic amines) is 1. The van der Waals surface area contributed by atoms with Gasteiger partial charge in [-0.05, 0) is 18.9 Å². The molecule has 1 aliphatic rings. The van der Waals surface area contributed by atoms with E-state index >= 15 is 0 Å². The Hall–Kier alpha value is -1.89. The van der Waals surface area contributed by atoms with E-state index in [0.717, 1.165) is 25.9 Å². The quantitative estimate of drug-likeness (QED) is 0.900. The smallest absolute Gasteiger partial charge is 0.265 e. The van der Waals surface area contributed by atoms with Crippen LogP contribution in [-0.2, 0) is 0 Å². The lowest BCUT2D eigenvalue weighted by Gasteiger charge is -2.31. The summed E-state index contributed by atoms with van der Waals surface area (Å²) in [7, 11) is 0. The number of nitrogens with two attached hydrogens (primary N) is 1. The molecule has 100 valence electrons. The molecule has 7 heteroatoms. The Bertz CT molecular complexity index is 556. The largest absolute Gasteiger partial charge is 0.382 e. The highest BCUT2D eigenvalue weighted by atomic mass is 32.1. The van der Waals surface area contributed by atoms with Crippen LogP contribution in [0.1, 0.15) is 28.6 Å². The van der Waals surface area contributed by atoms with Gasteiger partial charge in [0.2, 0.25) is 0 Å². The average molecular weight is 277 g/mol. The minimum absolute atomic E-state index is 0.0842. The summed E-state index contributed by atoms with van der Waals surface area (Å²) in [6.07, 6.45) is 5.35. The van der Waals surface area contributed by atoms with Crippen LogP contribution in [0, 0.1) is 0 Å². The third kappa shape index (κ3) is 2.46. The van der Waals surface area contributed by atoms with E-state index in [1.165, 1.54) is 11.3 Å². The molecule has 0 bridgehead atoms. The molecule has 0 saturated carbocycles. The highest BCUT2D eigenvalue weighted by Crippen LogP contribution is 2.24. The lowest BCUT2D eigenvalue weighted by atomic mass is 10.1. The Morgan fingerprint density at radius 1 is 1.42 bits per heavy atom. The van der Waals surface area contributed by atoms with Crippen LogP contribution in [0.3, 0.4) is 0 Å². The van der Waals surface area contributed by atoms with Crippen molar-refractivity contribution < 1.29 is 4.79 Å². The lowest BCUT2D eigenvalue weighted by molar-refractivity contribution is 0.0694. The minimum atomic E-state index is 0.0842. The first kappa shape index (κ1) is 12.2. The topological polar surface area (TPSA) is 77.0 Å². The molecule has 0 aliphatic carbocycles. The van der Waals surface area contributed by atoms with Crippen LogP contribution in [0.4, 0.5) is 5.82 Å². The Labute approximate surface area is 114 Å². The molecule has 2 N–H and O–H groups in total. The third-order valence-corrected chi connectivity index (χ3v) is 4.16. The van der Waals surface area contributed by atoms with Gasteiger partial charge in [-0.1, -0.05) is 0 Å². The number of rotatable bonds is 2. The first-order valence-electron chi connectivity index (χ1n) is 6.22. The normalized spacial score (nSPS) is 16.7. The van der Waals surface area contributed by atoms with Gasteiger partial charge in [0.15, 0.2) is 0 Å². The summed E-state index contributed by atoms with van der Waals surface area (Å²) in [6.45, 7) is 1.50. The summed E-state index contributed by atoms with van der Waals surface area (Å²) >= 11 is 1.39. The van der Waals surface area contributed by atoms with Crippen LogP contribution in [0.2, 0.25) is 0 Å². The van der Waals surface area contributed by atoms with Crippen molar-refractivity contribution >= 4 is 23.1 Å². The van der Waals surface area contributed by atoms with E-state index < -0.39 is 0 Å². The minimum Gasteiger partial charge on any atom is -0.382 e. The number of thiazole rings is 1. The molecule has 0 aromatic carbocycles. The van der Waals surface area contributed by atoms with Crippen molar-refractivity contribution in [2.75, 3.05) is 18.8 Å². The maximum Gasteiger partial charge on any atom is 0.265 e. The number of amides is 1. The third-order valence-electron chi connectivity index (χ3n) is 3.40. The van der Waals surface area contributed by atoms with Crippen molar-refractivity contribution in [2.24, 2.45) is 0 Å². The van der Waals surface area contributed by atoms with Crippen molar-refractivity contribution in [3.63, 3.8) is 0 Å². The number of carbonyl (C=O) groups is 1. The number of hydrogen-bond donors (Lipinski definition) is 1. The molecule has 0 spiro atoms. The van der Waals surface area contributed by atoms with Crippen molar-refractivity contribution in [3.05, 3.63) is 28.8 Å². The van der Waals surface area contributed by atoms with E-state index in [1.54, 1.807) is 17.8 Å². The summed E-state index contributed by atoms with van der Waals surface area (Å²) in [5.74, 6) is 0.629. The van der Waals surface area contributed by atoms with E-state index in [4.69, 9.17) is 5.73 Å². The van der Waals surface area contributed by atoms with Gasteiger partial charge in [-0.2, -0.15) is 5.10 Å². The molecule has 1 saturated heterocycles. The molecule has 2 aromatic rings. The predicted molar refractivity (Wildman–Crippen MR) is 72.9 cm³/mol. The van der Waals surface area contributed by atoms with E-state index in [9.17, 15) is 4.79 Å². The zero-order valence-corrected chi connectivity index (χ0v) is 11.2. The molecule has 0 radical (unpaired) electrons. The Kier molecular flexibility index (Phi) is 3.20. The van der Waals surface area contributed by atoms with E-state index in [-0.39, 0.29) is 5.91 Å². The summed E-state index contributed by atoms with van der Waals surface area (Å²) in [6, 6.07) is 2.14. The summed E-state index contributed by atoms with van der Waals surface area (Å²) in [5, 5.41) is 4.24. The highest BCUT2D eigenvalue weighted by molar-refractivity contribution is 7.11. The number of nitrogens with zero attached hydrogens (tertiary/aromatic N) is 4. The summed E-state index contributed by atoms with van der Waals surface area (Å²) < 4.78 is 1.91. The zero-order valence-electron chi connectivity index (χ0n) is 10.4. The van der Waals surface area contributed by atoms with Gasteiger partial charge >= 0.3 is 0 Å². The van der Waals surface area contributed by atoms with E-state index in [1.807, 2.05) is 15.8 Å². The monoisotopic (exact) mass is 277 g/mol. The molecule has 0 atom stereocenters. The second-order valence-electron chi connectivity index (χ2n) is 4.61. The number of carbonyl (C=O) groups excluding carboxylic acids is 1. The van der Waals surface area contributed by atoms with Gasteiger partial charge in [0.25, 0.3) is 5.91 Å². The molecule has 6 nitrogen and oxygen atoms in total. The van der Waals surface area contributed by atoms with Gasteiger partial charge in [0.05, 0.1) is 17.7 Å². The highest BCUT2D eigenvalue weighted by Gasteiger charge is 2.25. The number of aromatic nitrogens is 3. The molecular weight excluding hydrogens is 262 g/mol. The molecule has 1 fully saturated rings. The van der Waals surface area contributed by atoms with Crippen molar-refractivity contribution in [1.29, 1.82) is 0 Å². The second-order valence-corrected chi connectivity index (χ2v) is 5.50. The average Bonchev–Trinajstić information content (AvgIpc) is 3.09. The summed E-state index contributed by atoms with van der Waals surface area (Å²) in [5.41, 5.74) is 7.31. The van der Waals surface area contributed by atoms with Crippen molar-refractivity contribution in [2.45, 2.75) is 18.9 Å². The zero-order chi connectivity index (χ0) is 13.2. The molecule has 2 aromatic heterocycles. The first-order chi connectivity index (χ1) is 9.24. The molecule has 1 aliphatic heterocycles. The predicted octanol–water partition coefficient (Wildman–Crippen LogP) is 1.40. The van der Waals surface area contributed by atoms with Crippen LogP contribution in [-0.4, -0.2) is 38.7 Å². The van der Waals surface area contributed by atoms with Gasteiger partial charge in [0.1, 0.15) is 10.7 Å². The summed E-state index contributed by atoms with van der Waals surface area (Å²) in [4.78, 5) is 18.7. The molecule has 19 heavy (non-hydrogen) atoms. The van der Waals surface area contributed by atoms with E-state index in [0.29, 0.717) is 16.7 Å². The number of hydrogen-bond acceptors (Lipinski definition) is 5. The standard InChI is InChI=1S/C12H15N5OS/c13-11-3-6-17(15-11)9-1-4-16(5-2-9)12(18)10-7-14-8-19-10/h3,6-9H,1-2,4-5H2,(H2,13,15). The van der Waals surface area contributed by atoms with Crippen LogP contribution in [0.15, 0.2) is 24.0 Å². The van der Waals surface area contributed by atoms with Crippen LogP contribution >= 0.6 is 11.3 Å². The Balaban J connectivity index is 1.62. The van der Waals surface area contributed by atoms with Gasteiger partial charge in [-0.15, -0.1) is 11.3 Å². The number of nitrogen functional groups attached to an aromatic ring is 1. The van der Waals surface area contributed by atoms with Gasteiger partial charge in [-0.25, -0.2) is 0 Å². The van der Waals surface area contributed by atoms with Gasteiger partial charge in [0, 0.05) is 19.3 Å². The van der Waals surface area contributed by atoms with Gasteiger partial charge in [-0.3, -0.25) is 14.5 Å². The number of anilines is 1. The van der Waals surface area contributed by atoms with E-state index in [2.05, 4.69) is 10.1 Å².